The van der Waals surface area contributed by atoms with E-state index in [-0.39, 0.29) is 11.7 Å². The smallest absolute Gasteiger partial charge is 0.172 e. The molecule has 38 heavy (non-hydrogen) atoms. The van der Waals surface area contributed by atoms with Crippen molar-refractivity contribution in [3.05, 3.63) is 150 Å². The van der Waals surface area contributed by atoms with Gasteiger partial charge in [0.25, 0.3) is 0 Å². The lowest BCUT2D eigenvalue weighted by atomic mass is 9.92. The van der Waals surface area contributed by atoms with Crippen LogP contribution in [0.25, 0.3) is 22.4 Å². The number of benzene rings is 4. The number of amidine groups is 2. The zero-order valence-corrected chi connectivity index (χ0v) is 20.7. The Bertz CT molecular complexity index is 1770. The molecule has 5 aromatic rings. The van der Waals surface area contributed by atoms with Crippen molar-refractivity contribution in [1.82, 2.24) is 4.98 Å². The highest BCUT2D eigenvalue weighted by Gasteiger charge is 2.19. The van der Waals surface area contributed by atoms with Gasteiger partial charge in [0.15, 0.2) is 5.84 Å². The van der Waals surface area contributed by atoms with E-state index < -0.39 is 0 Å². The van der Waals surface area contributed by atoms with Crippen LogP contribution in [0.1, 0.15) is 27.9 Å². The van der Waals surface area contributed by atoms with E-state index in [4.69, 9.17) is 16.1 Å². The normalized spacial score (nSPS) is 13.8. The number of pyridine rings is 1. The van der Waals surface area contributed by atoms with Gasteiger partial charge in [-0.25, -0.2) is 9.98 Å². The first-order chi connectivity index (χ1) is 18.6. The Kier molecular flexibility index (Phi) is 5.86. The second-order valence-corrected chi connectivity index (χ2v) is 9.02. The van der Waals surface area contributed by atoms with Crippen LogP contribution in [0.15, 0.2) is 127 Å². The van der Waals surface area contributed by atoms with Gasteiger partial charge in [0, 0.05) is 17.3 Å². The quantitative estimate of drug-likeness (QED) is 0.208. The minimum absolute atomic E-state index is 0.00338. The van der Waals surface area contributed by atoms with E-state index in [9.17, 15) is 0 Å². The van der Waals surface area contributed by atoms with Crippen LogP contribution in [0.4, 0.5) is 11.5 Å². The molecule has 1 aromatic heterocycles. The van der Waals surface area contributed by atoms with Crippen LogP contribution >= 0.6 is 0 Å². The highest BCUT2D eigenvalue weighted by molar-refractivity contribution is 6.14. The van der Waals surface area contributed by atoms with Crippen molar-refractivity contribution in [2.45, 2.75) is 0 Å². The van der Waals surface area contributed by atoms with Gasteiger partial charge in [-0.15, -0.1) is 0 Å². The van der Waals surface area contributed by atoms with Crippen molar-refractivity contribution >= 4 is 45.6 Å². The number of hydrogen-bond acceptors (Lipinski definition) is 3. The van der Waals surface area contributed by atoms with Gasteiger partial charge >= 0.3 is 0 Å². The molecule has 0 atom stereocenters. The van der Waals surface area contributed by atoms with Gasteiger partial charge in [-0.1, -0.05) is 97.6 Å². The second kappa shape index (κ2) is 9.64. The summed E-state index contributed by atoms with van der Waals surface area (Å²) in [5.74, 6) is 0.946. The molecule has 0 saturated carbocycles. The third-order valence-electron chi connectivity index (χ3n) is 6.70. The lowest BCUT2D eigenvalue weighted by Gasteiger charge is -2.26. The van der Waals surface area contributed by atoms with Gasteiger partial charge in [-0.2, -0.15) is 0 Å². The standard InChI is InChI=1S/C33H25N5/c1-22-25-13-4-2-11-24(25)20-21-38(30-18-7-6-14-26(22)30)31-19-9-17-29(36-31)33(35)37-32(34)28-16-8-12-23-10-3-5-15-27(23)28/h2-21H,1H2,(H3,34,35,37)/b21-20-. The molecule has 5 nitrogen and oxygen atoms in total. The number of rotatable bonds is 3. The van der Waals surface area contributed by atoms with Gasteiger partial charge in [0.1, 0.15) is 17.3 Å². The first-order valence-electron chi connectivity index (χ1n) is 12.3. The Morgan fingerprint density at radius 1 is 0.789 bits per heavy atom. The second-order valence-electron chi connectivity index (χ2n) is 9.02. The van der Waals surface area contributed by atoms with Crippen LogP contribution in [-0.4, -0.2) is 16.7 Å². The zero-order chi connectivity index (χ0) is 26.1. The lowest BCUT2D eigenvalue weighted by Crippen LogP contribution is -2.18. The predicted molar refractivity (Wildman–Crippen MR) is 158 cm³/mol. The average molecular weight is 492 g/mol. The van der Waals surface area contributed by atoms with E-state index in [0.717, 1.165) is 44.3 Å². The van der Waals surface area contributed by atoms with E-state index in [1.165, 1.54) is 0 Å². The highest BCUT2D eigenvalue weighted by Crippen LogP contribution is 2.37. The molecule has 0 fully saturated rings. The minimum atomic E-state index is -0.00338. The van der Waals surface area contributed by atoms with Gasteiger partial charge in [0.2, 0.25) is 0 Å². The van der Waals surface area contributed by atoms with Crippen LogP contribution in [0.5, 0.6) is 0 Å². The maximum absolute atomic E-state index is 8.70. The Labute approximate surface area is 221 Å². The van der Waals surface area contributed by atoms with Gasteiger partial charge in [-0.05, 0) is 51.7 Å². The molecule has 2 heterocycles. The average Bonchev–Trinajstić information content (AvgIpc) is 2.96. The number of aliphatic imine (C=N–C) groups is 1. The summed E-state index contributed by atoms with van der Waals surface area (Å²) in [6.07, 6.45) is 4.07. The van der Waals surface area contributed by atoms with Crippen molar-refractivity contribution in [1.29, 1.82) is 5.41 Å². The molecule has 182 valence electrons. The molecule has 1 aliphatic rings. The Hall–Kier alpha value is -5.29. The third kappa shape index (κ3) is 4.16. The summed E-state index contributed by atoms with van der Waals surface area (Å²) in [5.41, 5.74) is 12.7. The molecule has 0 unspecified atom stereocenters. The van der Waals surface area contributed by atoms with E-state index in [1.807, 2.05) is 90.0 Å². The molecule has 0 spiro atoms. The number of anilines is 2. The Morgan fingerprint density at radius 3 is 2.39 bits per heavy atom. The van der Waals surface area contributed by atoms with Crippen LogP contribution in [0.2, 0.25) is 0 Å². The molecular formula is C33H25N5. The predicted octanol–water partition coefficient (Wildman–Crippen LogP) is 7.15. The minimum Gasteiger partial charge on any atom is -0.383 e. The topological polar surface area (TPSA) is 78.4 Å². The van der Waals surface area contributed by atoms with Gasteiger partial charge < -0.3 is 10.6 Å². The fourth-order valence-electron chi connectivity index (χ4n) is 4.81. The molecule has 5 heteroatoms. The number of nitrogens with zero attached hydrogens (tertiary/aromatic N) is 3. The van der Waals surface area contributed by atoms with Crippen molar-refractivity contribution in [2.75, 3.05) is 4.90 Å². The molecule has 4 aromatic carbocycles. The SMILES string of the molecule is C=C1c2ccccc2/C=C\N(c2cccc(C(=N)N=C(N)c3cccc4ccccc34)n2)c2ccccc21. The number of aromatic nitrogens is 1. The number of hydrogen-bond donors (Lipinski definition) is 2. The van der Waals surface area contributed by atoms with E-state index in [2.05, 4.69) is 41.9 Å². The lowest BCUT2D eigenvalue weighted by molar-refractivity contribution is 1.15. The monoisotopic (exact) mass is 491 g/mol. The number of nitrogens with one attached hydrogen (secondary N) is 1. The van der Waals surface area contributed by atoms with Crippen LogP contribution in [-0.2, 0) is 0 Å². The largest absolute Gasteiger partial charge is 0.383 e. The van der Waals surface area contributed by atoms with Crippen molar-refractivity contribution < 1.29 is 0 Å². The molecular weight excluding hydrogens is 466 g/mol. The van der Waals surface area contributed by atoms with Crippen LogP contribution < -0.4 is 10.6 Å². The zero-order valence-electron chi connectivity index (χ0n) is 20.7. The van der Waals surface area contributed by atoms with Crippen molar-refractivity contribution in [2.24, 2.45) is 10.7 Å². The molecule has 6 rings (SSSR count). The maximum atomic E-state index is 8.70. The third-order valence-corrected chi connectivity index (χ3v) is 6.70. The van der Waals surface area contributed by atoms with E-state index in [1.54, 1.807) is 6.07 Å². The molecule has 1 aliphatic heterocycles. The molecule has 0 aliphatic carbocycles. The summed E-state index contributed by atoms with van der Waals surface area (Å²) in [5, 5.41) is 10.8. The number of para-hydroxylation sites is 1. The summed E-state index contributed by atoms with van der Waals surface area (Å²) in [6.45, 7) is 4.41. The fourth-order valence-corrected chi connectivity index (χ4v) is 4.81. The maximum Gasteiger partial charge on any atom is 0.172 e. The summed E-state index contributed by atoms with van der Waals surface area (Å²) < 4.78 is 0. The van der Waals surface area contributed by atoms with E-state index >= 15 is 0 Å². The summed E-state index contributed by atoms with van der Waals surface area (Å²) >= 11 is 0. The Morgan fingerprint density at radius 2 is 1.50 bits per heavy atom. The molecule has 0 bridgehead atoms. The van der Waals surface area contributed by atoms with Crippen LogP contribution in [0, 0.1) is 5.41 Å². The molecule has 0 amide bonds. The van der Waals surface area contributed by atoms with Crippen molar-refractivity contribution in [3.8, 4) is 0 Å². The number of nitrogens with two attached hydrogens (primary N) is 1. The summed E-state index contributed by atoms with van der Waals surface area (Å²) in [6, 6.07) is 35.8. The first-order valence-corrected chi connectivity index (χ1v) is 12.3. The van der Waals surface area contributed by atoms with Gasteiger partial charge in [0.05, 0.1) is 5.69 Å². The first kappa shape index (κ1) is 23.1. The van der Waals surface area contributed by atoms with E-state index in [0.29, 0.717) is 11.5 Å². The van der Waals surface area contributed by atoms with Crippen molar-refractivity contribution in [3.63, 3.8) is 0 Å². The van der Waals surface area contributed by atoms with Gasteiger partial charge in [-0.3, -0.25) is 5.41 Å². The summed E-state index contributed by atoms with van der Waals surface area (Å²) in [4.78, 5) is 11.3. The molecule has 0 radical (unpaired) electrons. The van der Waals surface area contributed by atoms with Crippen LogP contribution in [0.3, 0.4) is 0 Å². The number of fused-ring (bicyclic) bond motifs is 3. The summed E-state index contributed by atoms with van der Waals surface area (Å²) in [7, 11) is 0. The Balaban J connectivity index is 1.40. The fraction of sp³-hybridized carbons (Fsp3) is 0. The molecule has 0 saturated heterocycles. The molecule has 3 N–H and O–H groups in total. The highest BCUT2D eigenvalue weighted by atomic mass is 15.2.